The molecule has 1 atom stereocenters. The van der Waals surface area contributed by atoms with Gasteiger partial charge in [0, 0.05) is 16.0 Å². The molecule has 2 heterocycles. The summed E-state index contributed by atoms with van der Waals surface area (Å²) in [4.78, 5) is 19.1. The number of aromatic nitrogens is 1. The van der Waals surface area contributed by atoms with Crippen molar-refractivity contribution >= 4 is 43.8 Å². The summed E-state index contributed by atoms with van der Waals surface area (Å²) in [7, 11) is 0. The molecule has 5 heteroatoms. The van der Waals surface area contributed by atoms with Crippen LogP contribution in [-0.2, 0) is 12.8 Å². The van der Waals surface area contributed by atoms with Crippen LogP contribution in [0.2, 0.25) is 0 Å². The summed E-state index contributed by atoms with van der Waals surface area (Å²) in [5, 5.41) is 5.14. The number of fused-ring (bicyclic) bond motifs is 2. The second-order valence-corrected chi connectivity index (χ2v) is 9.50. The molecule has 0 bridgehead atoms. The minimum absolute atomic E-state index is 0.0605. The van der Waals surface area contributed by atoms with Crippen LogP contribution in [0.5, 0.6) is 0 Å². The average molecular weight is 405 g/mol. The van der Waals surface area contributed by atoms with E-state index in [2.05, 4.69) is 24.4 Å². The number of rotatable bonds is 3. The van der Waals surface area contributed by atoms with Gasteiger partial charge in [0.1, 0.15) is 10.0 Å². The highest BCUT2D eigenvalue weighted by molar-refractivity contribution is 7.23. The van der Waals surface area contributed by atoms with Crippen molar-refractivity contribution < 1.29 is 4.79 Å². The summed E-state index contributed by atoms with van der Waals surface area (Å²) in [5.41, 5.74) is 4.22. The molecule has 0 spiro atoms. The van der Waals surface area contributed by atoms with E-state index < -0.39 is 0 Å². The normalized spacial score (nSPS) is 16.1. The Labute approximate surface area is 172 Å². The van der Waals surface area contributed by atoms with Crippen LogP contribution in [0.15, 0.2) is 54.6 Å². The summed E-state index contributed by atoms with van der Waals surface area (Å²) in [6, 6.07) is 17.6. The largest absolute Gasteiger partial charge is 0.313 e. The van der Waals surface area contributed by atoms with Crippen LogP contribution in [0.25, 0.3) is 20.8 Å². The molecule has 1 aliphatic carbocycles. The summed E-state index contributed by atoms with van der Waals surface area (Å²) < 4.78 is 1.18. The lowest BCUT2D eigenvalue weighted by molar-refractivity contribution is 0.102. The Bertz CT molecular complexity index is 1130. The zero-order chi connectivity index (χ0) is 19.1. The van der Waals surface area contributed by atoms with Crippen molar-refractivity contribution in [1.82, 2.24) is 4.98 Å². The number of hydrogen-bond donors (Lipinski definition) is 1. The van der Waals surface area contributed by atoms with Crippen molar-refractivity contribution in [2.75, 3.05) is 5.32 Å². The van der Waals surface area contributed by atoms with Gasteiger partial charge < -0.3 is 5.32 Å². The first kappa shape index (κ1) is 17.6. The molecule has 1 unspecified atom stereocenters. The number of nitrogens with zero attached hydrogens (tertiary/aromatic N) is 1. The maximum Gasteiger partial charge on any atom is 0.256 e. The van der Waals surface area contributed by atoms with Crippen LogP contribution in [0, 0.1) is 5.92 Å². The van der Waals surface area contributed by atoms with Crippen molar-refractivity contribution in [1.29, 1.82) is 0 Å². The fourth-order valence-electron chi connectivity index (χ4n) is 3.81. The fraction of sp³-hybridized carbons (Fsp3) is 0.217. The van der Waals surface area contributed by atoms with Crippen molar-refractivity contribution in [3.8, 4) is 10.6 Å². The van der Waals surface area contributed by atoms with E-state index in [4.69, 9.17) is 4.98 Å². The van der Waals surface area contributed by atoms with E-state index >= 15 is 0 Å². The first-order chi connectivity index (χ1) is 13.7. The minimum atomic E-state index is -0.0605. The molecule has 2 aromatic carbocycles. The number of amides is 1. The van der Waals surface area contributed by atoms with E-state index in [-0.39, 0.29) is 5.91 Å². The van der Waals surface area contributed by atoms with Gasteiger partial charge in [0.25, 0.3) is 5.91 Å². The van der Waals surface area contributed by atoms with Crippen molar-refractivity contribution in [2.24, 2.45) is 5.92 Å². The van der Waals surface area contributed by atoms with Crippen LogP contribution in [0.1, 0.15) is 34.1 Å². The molecule has 28 heavy (non-hydrogen) atoms. The fourth-order valence-corrected chi connectivity index (χ4v) is 6.33. The van der Waals surface area contributed by atoms with E-state index in [9.17, 15) is 4.79 Å². The highest BCUT2D eigenvalue weighted by Gasteiger charge is 2.27. The molecule has 1 aliphatic rings. The van der Waals surface area contributed by atoms with E-state index in [0.29, 0.717) is 11.5 Å². The summed E-state index contributed by atoms with van der Waals surface area (Å²) >= 11 is 3.44. The van der Waals surface area contributed by atoms with Gasteiger partial charge in [0.15, 0.2) is 0 Å². The molecule has 3 nitrogen and oxygen atoms in total. The third kappa shape index (κ3) is 3.15. The van der Waals surface area contributed by atoms with Gasteiger partial charge in [-0.15, -0.1) is 22.7 Å². The number of thiophene rings is 1. The van der Waals surface area contributed by atoms with Gasteiger partial charge in [-0.05, 0) is 55.0 Å². The Morgan fingerprint density at radius 3 is 2.68 bits per heavy atom. The third-order valence-electron chi connectivity index (χ3n) is 5.28. The van der Waals surface area contributed by atoms with Crippen LogP contribution in [0.4, 0.5) is 5.00 Å². The van der Waals surface area contributed by atoms with Crippen LogP contribution >= 0.6 is 22.7 Å². The van der Waals surface area contributed by atoms with Gasteiger partial charge in [-0.1, -0.05) is 37.3 Å². The van der Waals surface area contributed by atoms with Gasteiger partial charge >= 0.3 is 0 Å². The van der Waals surface area contributed by atoms with Gasteiger partial charge in [-0.3, -0.25) is 4.79 Å². The Balaban J connectivity index is 1.61. The van der Waals surface area contributed by atoms with Crippen LogP contribution in [-0.4, -0.2) is 10.9 Å². The second kappa shape index (κ2) is 7.15. The topological polar surface area (TPSA) is 42.0 Å². The van der Waals surface area contributed by atoms with Gasteiger partial charge in [0.2, 0.25) is 0 Å². The molecule has 5 rings (SSSR count). The molecule has 0 fully saturated rings. The molecule has 4 aromatic rings. The van der Waals surface area contributed by atoms with Crippen molar-refractivity contribution in [3.05, 3.63) is 70.6 Å². The number of carbonyl (C=O) groups excluding carboxylic acids is 1. The Kier molecular flexibility index (Phi) is 4.49. The molecule has 0 saturated carbocycles. The Morgan fingerprint density at radius 1 is 1.07 bits per heavy atom. The molecule has 0 radical (unpaired) electrons. The summed E-state index contributed by atoms with van der Waals surface area (Å²) in [6.45, 7) is 2.31. The van der Waals surface area contributed by atoms with Gasteiger partial charge in [0.05, 0.1) is 10.2 Å². The predicted octanol–water partition coefficient (Wildman–Crippen LogP) is 6.40. The Hall–Kier alpha value is -2.50. The summed E-state index contributed by atoms with van der Waals surface area (Å²) in [5.74, 6) is 0.627. The quantitative estimate of drug-likeness (QED) is 0.429. The molecule has 140 valence electrons. The first-order valence-electron chi connectivity index (χ1n) is 9.56. The monoisotopic (exact) mass is 404 g/mol. The van der Waals surface area contributed by atoms with E-state index in [0.717, 1.165) is 33.9 Å². The molecule has 1 amide bonds. The molecular weight excluding hydrogens is 384 g/mol. The highest BCUT2D eigenvalue weighted by Crippen LogP contribution is 2.47. The van der Waals surface area contributed by atoms with E-state index in [1.165, 1.54) is 21.6 Å². The smallest absolute Gasteiger partial charge is 0.256 e. The van der Waals surface area contributed by atoms with Crippen molar-refractivity contribution in [3.63, 3.8) is 0 Å². The number of anilines is 1. The maximum atomic E-state index is 12.8. The molecule has 0 aliphatic heterocycles. The number of carbonyl (C=O) groups is 1. The van der Waals surface area contributed by atoms with Crippen molar-refractivity contribution in [2.45, 2.75) is 26.2 Å². The van der Waals surface area contributed by atoms with E-state index in [1.807, 2.05) is 42.5 Å². The number of benzene rings is 2. The average Bonchev–Trinajstić information content (AvgIpc) is 3.28. The maximum absolute atomic E-state index is 12.8. The number of thiazole rings is 1. The molecule has 2 aromatic heterocycles. The lowest BCUT2D eigenvalue weighted by Crippen LogP contribution is -2.11. The number of para-hydroxylation sites is 1. The minimum Gasteiger partial charge on any atom is -0.313 e. The van der Waals surface area contributed by atoms with Gasteiger partial charge in [-0.25, -0.2) is 4.98 Å². The third-order valence-corrected chi connectivity index (χ3v) is 7.51. The Morgan fingerprint density at radius 2 is 1.86 bits per heavy atom. The predicted molar refractivity (Wildman–Crippen MR) is 119 cm³/mol. The number of nitrogens with one attached hydrogen (secondary N) is 1. The second-order valence-electron chi connectivity index (χ2n) is 7.36. The molecular formula is C23H20N2OS2. The SMILES string of the molecule is CC1CCc2c(sc(NC(=O)c3ccccc3)c2-c2nc3ccccc3s2)C1. The number of hydrogen-bond acceptors (Lipinski definition) is 4. The van der Waals surface area contributed by atoms with Gasteiger partial charge in [-0.2, -0.15) is 0 Å². The van der Waals surface area contributed by atoms with E-state index in [1.54, 1.807) is 22.7 Å². The van der Waals surface area contributed by atoms with Crippen LogP contribution in [0.3, 0.4) is 0 Å². The van der Waals surface area contributed by atoms with Crippen LogP contribution < -0.4 is 5.32 Å². The molecule has 0 saturated heterocycles. The first-order valence-corrected chi connectivity index (χ1v) is 11.2. The lowest BCUT2D eigenvalue weighted by atomic mass is 9.88. The zero-order valence-corrected chi connectivity index (χ0v) is 17.2. The lowest BCUT2D eigenvalue weighted by Gasteiger charge is -2.18. The molecule has 1 N–H and O–H groups in total. The summed E-state index contributed by atoms with van der Waals surface area (Å²) in [6.07, 6.45) is 3.33. The highest BCUT2D eigenvalue weighted by atomic mass is 32.1. The standard InChI is InChI=1S/C23H20N2OS2/c1-14-11-12-16-19(13-14)28-23(25-21(26)15-7-3-2-4-8-15)20(16)22-24-17-9-5-6-10-18(17)27-22/h2-10,14H,11-13H2,1H3,(H,25,26). The zero-order valence-electron chi connectivity index (χ0n) is 15.6.